The summed E-state index contributed by atoms with van der Waals surface area (Å²) < 4.78 is 1.68. The van der Waals surface area contributed by atoms with E-state index in [1.807, 2.05) is 13.1 Å². The highest BCUT2D eigenvalue weighted by Gasteiger charge is 2.12. The molecule has 0 unspecified atom stereocenters. The summed E-state index contributed by atoms with van der Waals surface area (Å²) in [4.78, 5) is 12.3. The van der Waals surface area contributed by atoms with E-state index < -0.39 is 0 Å². The van der Waals surface area contributed by atoms with Crippen LogP contribution in [0.15, 0.2) is 35.3 Å². The molecular formula is C16H20N2O2. The lowest BCUT2D eigenvalue weighted by molar-refractivity contribution is 0.475. The Kier molecular flexibility index (Phi) is 4.13. The molecule has 0 saturated carbocycles. The fourth-order valence-corrected chi connectivity index (χ4v) is 2.34. The van der Waals surface area contributed by atoms with Gasteiger partial charge >= 0.3 is 0 Å². The van der Waals surface area contributed by atoms with Gasteiger partial charge in [-0.2, -0.15) is 0 Å². The van der Waals surface area contributed by atoms with Crippen LogP contribution in [0.1, 0.15) is 25.3 Å². The van der Waals surface area contributed by atoms with Crippen molar-refractivity contribution >= 4 is 5.69 Å². The molecule has 0 amide bonds. The fraction of sp³-hybridized carbons (Fsp3) is 0.312. The number of pyridine rings is 1. The van der Waals surface area contributed by atoms with Crippen LogP contribution in [0, 0.1) is 6.92 Å². The Morgan fingerprint density at radius 3 is 2.50 bits per heavy atom. The van der Waals surface area contributed by atoms with Gasteiger partial charge < -0.3 is 15.4 Å². The van der Waals surface area contributed by atoms with Crippen LogP contribution < -0.4 is 11.3 Å². The molecule has 0 aliphatic rings. The predicted molar refractivity (Wildman–Crippen MR) is 81.9 cm³/mol. The number of aromatic nitrogens is 1. The topological polar surface area (TPSA) is 68.2 Å². The van der Waals surface area contributed by atoms with Gasteiger partial charge in [0.1, 0.15) is 11.4 Å². The second kappa shape index (κ2) is 5.82. The Morgan fingerprint density at radius 1 is 1.25 bits per heavy atom. The van der Waals surface area contributed by atoms with E-state index in [1.165, 1.54) is 0 Å². The van der Waals surface area contributed by atoms with Crippen LogP contribution in [-0.2, 0) is 6.54 Å². The number of phenols is 1. The Labute approximate surface area is 118 Å². The SMILES string of the molecule is CCCCn1cc(C)c(-c2ccc(O)cc2)c(N)c1=O. The monoisotopic (exact) mass is 272 g/mol. The van der Waals surface area contributed by atoms with Crippen molar-refractivity contribution in [3.8, 4) is 16.9 Å². The minimum absolute atomic E-state index is 0.146. The van der Waals surface area contributed by atoms with E-state index >= 15 is 0 Å². The van der Waals surface area contributed by atoms with Crippen molar-refractivity contribution in [1.29, 1.82) is 0 Å². The van der Waals surface area contributed by atoms with Crippen LogP contribution in [0.25, 0.3) is 11.1 Å². The van der Waals surface area contributed by atoms with Crippen molar-refractivity contribution in [2.24, 2.45) is 0 Å². The molecule has 0 radical (unpaired) electrons. The molecule has 0 saturated heterocycles. The lowest BCUT2D eigenvalue weighted by Crippen LogP contribution is -2.24. The average Bonchev–Trinajstić information content (AvgIpc) is 2.43. The standard InChI is InChI=1S/C16H20N2O2/c1-3-4-9-18-10-11(2)14(15(17)16(18)20)12-5-7-13(19)8-6-12/h5-8,10,19H,3-4,9,17H2,1-2H3. The zero-order chi connectivity index (χ0) is 14.7. The van der Waals surface area contributed by atoms with Gasteiger partial charge in [0, 0.05) is 18.3 Å². The number of hydrogen-bond acceptors (Lipinski definition) is 3. The second-order valence-corrected chi connectivity index (χ2v) is 5.00. The van der Waals surface area contributed by atoms with Crippen LogP contribution in [0.2, 0.25) is 0 Å². The second-order valence-electron chi connectivity index (χ2n) is 5.00. The highest BCUT2D eigenvalue weighted by Crippen LogP contribution is 2.28. The highest BCUT2D eigenvalue weighted by molar-refractivity contribution is 5.78. The molecule has 0 aliphatic carbocycles. The first-order valence-corrected chi connectivity index (χ1v) is 6.83. The van der Waals surface area contributed by atoms with E-state index in [2.05, 4.69) is 6.92 Å². The number of nitrogens with two attached hydrogens (primary N) is 1. The minimum Gasteiger partial charge on any atom is -0.508 e. The van der Waals surface area contributed by atoms with E-state index in [4.69, 9.17) is 5.73 Å². The minimum atomic E-state index is -0.146. The molecule has 0 spiro atoms. The van der Waals surface area contributed by atoms with Gasteiger partial charge in [-0.05, 0) is 36.6 Å². The van der Waals surface area contributed by atoms with Gasteiger partial charge in [-0.1, -0.05) is 25.5 Å². The lowest BCUT2D eigenvalue weighted by atomic mass is 10.0. The maximum absolute atomic E-state index is 12.3. The molecule has 2 rings (SSSR count). The van der Waals surface area contributed by atoms with E-state index in [1.54, 1.807) is 28.8 Å². The van der Waals surface area contributed by atoms with E-state index in [-0.39, 0.29) is 17.0 Å². The van der Waals surface area contributed by atoms with Crippen molar-refractivity contribution in [2.45, 2.75) is 33.2 Å². The van der Waals surface area contributed by atoms with Gasteiger partial charge in [0.25, 0.3) is 5.56 Å². The molecule has 1 aromatic heterocycles. The smallest absolute Gasteiger partial charge is 0.274 e. The molecule has 0 aliphatic heterocycles. The Balaban J connectivity index is 2.53. The summed E-state index contributed by atoms with van der Waals surface area (Å²) in [6.07, 6.45) is 3.85. The van der Waals surface area contributed by atoms with Gasteiger partial charge in [-0.15, -0.1) is 0 Å². The van der Waals surface area contributed by atoms with Crippen LogP contribution >= 0.6 is 0 Å². The number of nitrogens with zero attached hydrogens (tertiary/aromatic N) is 1. The lowest BCUT2D eigenvalue weighted by Gasteiger charge is -2.14. The first kappa shape index (κ1) is 14.2. The maximum atomic E-state index is 12.3. The average molecular weight is 272 g/mol. The number of anilines is 1. The molecule has 106 valence electrons. The quantitative estimate of drug-likeness (QED) is 0.899. The summed E-state index contributed by atoms with van der Waals surface area (Å²) in [6, 6.07) is 6.72. The van der Waals surface area contributed by atoms with Crippen molar-refractivity contribution < 1.29 is 5.11 Å². The summed E-state index contributed by atoms with van der Waals surface area (Å²) in [5, 5.41) is 9.34. The van der Waals surface area contributed by atoms with Crippen LogP contribution in [0.4, 0.5) is 5.69 Å². The summed E-state index contributed by atoms with van der Waals surface area (Å²) in [5.74, 6) is 0.196. The number of phenolic OH excluding ortho intramolecular Hbond substituents is 1. The van der Waals surface area contributed by atoms with E-state index in [0.29, 0.717) is 6.54 Å². The molecule has 4 heteroatoms. The molecule has 20 heavy (non-hydrogen) atoms. The molecule has 0 fully saturated rings. The predicted octanol–water partition coefficient (Wildman–Crippen LogP) is 2.91. The first-order valence-electron chi connectivity index (χ1n) is 6.83. The third-order valence-electron chi connectivity index (χ3n) is 3.41. The van der Waals surface area contributed by atoms with Gasteiger partial charge in [-0.3, -0.25) is 4.79 Å². The Hall–Kier alpha value is -2.23. The summed E-state index contributed by atoms with van der Waals surface area (Å²) in [5.41, 5.74) is 8.71. The first-order chi connectivity index (χ1) is 9.54. The highest BCUT2D eigenvalue weighted by atomic mass is 16.3. The largest absolute Gasteiger partial charge is 0.508 e. The van der Waals surface area contributed by atoms with Crippen LogP contribution in [-0.4, -0.2) is 9.67 Å². The van der Waals surface area contributed by atoms with Gasteiger partial charge in [0.05, 0.1) is 0 Å². The summed E-state index contributed by atoms with van der Waals surface area (Å²) in [6.45, 7) is 4.72. The molecular weight excluding hydrogens is 252 g/mol. The van der Waals surface area contributed by atoms with Crippen LogP contribution in [0.5, 0.6) is 5.75 Å². The van der Waals surface area contributed by atoms with E-state index in [9.17, 15) is 9.90 Å². The zero-order valence-corrected chi connectivity index (χ0v) is 11.9. The number of nitrogen functional groups attached to an aromatic ring is 1. The van der Waals surface area contributed by atoms with Crippen molar-refractivity contribution in [2.75, 3.05) is 5.73 Å². The molecule has 1 heterocycles. The Bertz CT molecular complexity index is 657. The normalized spacial score (nSPS) is 10.7. The molecule has 2 aromatic rings. The number of aryl methyl sites for hydroxylation is 2. The van der Waals surface area contributed by atoms with Gasteiger partial charge in [0.15, 0.2) is 0 Å². The summed E-state index contributed by atoms with van der Waals surface area (Å²) >= 11 is 0. The third-order valence-corrected chi connectivity index (χ3v) is 3.41. The Morgan fingerprint density at radius 2 is 1.90 bits per heavy atom. The summed E-state index contributed by atoms with van der Waals surface area (Å²) in [7, 11) is 0. The van der Waals surface area contributed by atoms with Crippen molar-refractivity contribution in [3.05, 3.63) is 46.4 Å². The maximum Gasteiger partial charge on any atom is 0.274 e. The van der Waals surface area contributed by atoms with Crippen molar-refractivity contribution in [1.82, 2.24) is 4.57 Å². The number of unbranched alkanes of at least 4 members (excludes halogenated alkanes) is 1. The number of rotatable bonds is 4. The molecule has 3 N–H and O–H groups in total. The van der Waals surface area contributed by atoms with Crippen LogP contribution in [0.3, 0.4) is 0 Å². The molecule has 0 atom stereocenters. The molecule has 0 bridgehead atoms. The van der Waals surface area contributed by atoms with Gasteiger partial charge in [-0.25, -0.2) is 0 Å². The number of aromatic hydroxyl groups is 1. The molecule has 4 nitrogen and oxygen atoms in total. The zero-order valence-electron chi connectivity index (χ0n) is 11.9. The molecule has 1 aromatic carbocycles. The van der Waals surface area contributed by atoms with Crippen molar-refractivity contribution in [3.63, 3.8) is 0 Å². The number of benzene rings is 1. The van der Waals surface area contributed by atoms with Gasteiger partial charge in [0.2, 0.25) is 0 Å². The number of hydrogen-bond donors (Lipinski definition) is 2. The van der Waals surface area contributed by atoms with E-state index in [0.717, 1.165) is 29.5 Å². The fourth-order valence-electron chi connectivity index (χ4n) is 2.34. The third kappa shape index (κ3) is 2.69.